The molecular weight excluding hydrogens is 200 g/mol. The molecule has 0 aromatic rings. The van der Waals surface area contributed by atoms with Gasteiger partial charge in [-0.25, -0.2) is 0 Å². The van der Waals surface area contributed by atoms with E-state index in [4.69, 9.17) is 5.11 Å². The molecule has 0 amide bonds. The van der Waals surface area contributed by atoms with E-state index in [0.29, 0.717) is 5.92 Å². The fourth-order valence-corrected chi connectivity index (χ4v) is 2.41. The maximum Gasteiger partial charge on any atom is 0.306 e. The fraction of sp³-hybridized carbons (Fsp3) is 0.929. The van der Waals surface area contributed by atoms with Crippen molar-refractivity contribution in [2.24, 2.45) is 11.8 Å². The van der Waals surface area contributed by atoms with Gasteiger partial charge < -0.3 is 5.11 Å². The second kappa shape index (κ2) is 7.70. The highest BCUT2D eigenvalue weighted by molar-refractivity contribution is 5.73. The number of hydrogen-bond acceptors (Lipinski definition) is 1. The van der Waals surface area contributed by atoms with Crippen LogP contribution in [0.3, 0.4) is 0 Å². The number of carbonyl (C=O) groups is 1. The second-order valence-corrected chi connectivity index (χ2v) is 5.20. The largest absolute Gasteiger partial charge is 0.481 e. The van der Waals surface area contributed by atoms with E-state index in [1.165, 1.54) is 51.4 Å². The van der Waals surface area contributed by atoms with Gasteiger partial charge in [-0.1, -0.05) is 58.3 Å². The number of carboxylic acids is 1. The average molecular weight is 226 g/mol. The topological polar surface area (TPSA) is 37.3 Å². The minimum absolute atomic E-state index is 0.00422. The van der Waals surface area contributed by atoms with Crippen molar-refractivity contribution < 1.29 is 9.90 Å². The molecule has 0 saturated heterocycles. The molecule has 94 valence electrons. The van der Waals surface area contributed by atoms with Gasteiger partial charge in [0.2, 0.25) is 0 Å². The summed E-state index contributed by atoms with van der Waals surface area (Å²) in [5.41, 5.74) is 0. The molecular formula is C14H26O2. The van der Waals surface area contributed by atoms with Gasteiger partial charge in [-0.2, -0.15) is 0 Å². The number of carboxylic acid groups (broad SMARTS) is 1. The zero-order valence-corrected chi connectivity index (χ0v) is 10.6. The van der Waals surface area contributed by atoms with Crippen molar-refractivity contribution in [1.82, 2.24) is 0 Å². The third-order valence-corrected chi connectivity index (χ3v) is 3.67. The Morgan fingerprint density at radius 1 is 1.06 bits per heavy atom. The van der Waals surface area contributed by atoms with Crippen molar-refractivity contribution in [2.45, 2.75) is 71.1 Å². The summed E-state index contributed by atoms with van der Waals surface area (Å²) in [4.78, 5) is 10.6. The van der Waals surface area contributed by atoms with E-state index >= 15 is 0 Å². The third-order valence-electron chi connectivity index (χ3n) is 3.67. The lowest BCUT2D eigenvalue weighted by Gasteiger charge is -2.01. The number of aliphatic carboxylic acids is 1. The molecule has 0 bridgehead atoms. The van der Waals surface area contributed by atoms with Crippen LogP contribution in [0.1, 0.15) is 71.1 Å². The van der Waals surface area contributed by atoms with Gasteiger partial charge >= 0.3 is 5.97 Å². The molecule has 2 nitrogen and oxygen atoms in total. The van der Waals surface area contributed by atoms with E-state index < -0.39 is 5.97 Å². The molecule has 1 saturated carbocycles. The first kappa shape index (κ1) is 13.5. The number of unbranched alkanes of at least 4 members (excludes halogenated alkanes) is 7. The Hall–Kier alpha value is -0.530. The summed E-state index contributed by atoms with van der Waals surface area (Å²) in [5, 5.41) is 8.75. The first-order chi connectivity index (χ1) is 7.75. The van der Waals surface area contributed by atoms with E-state index in [1.807, 2.05) is 0 Å². The normalized spacial score (nSPS) is 23.3. The summed E-state index contributed by atoms with van der Waals surface area (Å²) < 4.78 is 0. The van der Waals surface area contributed by atoms with Crippen LogP contribution in [0.25, 0.3) is 0 Å². The van der Waals surface area contributed by atoms with Gasteiger partial charge in [-0.15, -0.1) is 0 Å². The summed E-state index contributed by atoms with van der Waals surface area (Å²) in [7, 11) is 0. The van der Waals surface area contributed by atoms with E-state index in [-0.39, 0.29) is 5.92 Å². The minimum atomic E-state index is -0.579. The molecule has 1 N–H and O–H groups in total. The van der Waals surface area contributed by atoms with Crippen molar-refractivity contribution in [2.75, 3.05) is 0 Å². The molecule has 2 heteroatoms. The first-order valence-corrected chi connectivity index (χ1v) is 6.98. The van der Waals surface area contributed by atoms with Gasteiger partial charge in [-0.3, -0.25) is 4.79 Å². The summed E-state index contributed by atoms with van der Waals surface area (Å²) in [5.74, 6) is -0.0632. The van der Waals surface area contributed by atoms with Crippen molar-refractivity contribution >= 4 is 5.97 Å². The summed E-state index contributed by atoms with van der Waals surface area (Å²) in [6.07, 6.45) is 12.8. The Morgan fingerprint density at radius 3 is 2.12 bits per heavy atom. The standard InChI is InChI=1S/C14H26O2/c1-2-3-4-5-6-7-8-9-10-12-11-13(12)14(15)16/h12-13H,2-11H2,1H3,(H,15,16)/t12-,13+/m0/s1. The highest BCUT2D eigenvalue weighted by Gasteiger charge is 2.42. The van der Waals surface area contributed by atoms with Gasteiger partial charge in [0.25, 0.3) is 0 Å². The predicted octanol–water partition coefficient (Wildman–Crippen LogP) is 4.24. The Morgan fingerprint density at radius 2 is 1.62 bits per heavy atom. The Kier molecular flexibility index (Phi) is 6.51. The molecule has 16 heavy (non-hydrogen) atoms. The smallest absolute Gasteiger partial charge is 0.306 e. The maximum absolute atomic E-state index is 10.6. The monoisotopic (exact) mass is 226 g/mol. The molecule has 0 aromatic heterocycles. The highest BCUT2D eigenvalue weighted by atomic mass is 16.4. The Balaban J connectivity index is 1.78. The van der Waals surface area contributed by atoms with Crippen LogP contribution in [0, 0.1) is 11.8 Å². The molecule has 1 rings (SSSR count). The van der Waals surface area contributed by atoms with Crippen LogP contribution in [0.2, 0.25) is 0 Å². The summed E-state index contributed by atoms with van der Waals surface area (Å²) in [6.45, 7) is 2.24. The lowest BCUT2D eigenvalue weighted by Crippen LogP contribution is -1.99. The van der Waals surface area contributed by atoms with Gasteiger partial charge in [0.15, 0.2) is 0 Å². The maximum atomic E-state index is 10.6. The zero-order valence-electron chi connectivity index (χ0n) is 10.6. The molecule has 0 aliphatic heterocycles. The van der Waals surface area contributed by atoms with Gasteiger partial charge in [0.1, 0.15) is 0 Å². The van der Waals surface area contributed by atoms with Crippen molar-refractivity contribution in [3.63, 3.8) is 0 Å². The van der Waals surface area contributed by atoms with Crippen LogP contribution >= 0.6 is 0 Å². The van der Waals surface area contributed by atoms with Crippen LogP contribution in [-0.4, -0.2) is 11.1 Å². The second-order valence-electron chi connectivity index (χ2n) is 5.20. The SMILES string of the molecule is CCCCCCCCCC[C@H]1C[C@H]1C(=O)O. The number of rotatable bonds is 10. The summed E-state index contributed by atoms with van der Waals surface area (Å²) >= 11 is 0. The van der Waals surface area contributed by atoms with Gasteiger partial charge in [0.05, 0.1) is 5.92 Å². The molecule has 1 fully saturated rings. The van der Waals surface area contributed by atoms with Crippen LogP contribution in [0.15, 0.2) is 0 Å². The molecule has 0 unspecified atom stereocenters. The lowest BCUT2D eigenvalue weighted by molar-refractivity contribution is -0.138. The van der Waals surface area contributed by atoms with E-state index in [1.54, 1.807) is 0 Å². The zero-order chi connectivity index (χ0) is 11.8. The van der Waals surface area contributed by atoms with E-state index in [0.717, 1.165) is 12.8 Å². The molecule has 0 heterocycles. The molecule has 0 spiro atoms. The van der Waals surface area contributed by atoms with Crippen LogP contribution in [0.4, 0.5) is 0 Å². The van der Waals surface area contributed by atoms with E-state index in [9.17, 15) is 4.79 Å². The Labute approximate surface area is 99.4 Å². The molecule has 1 aliphatic carbocycles. The summed E-state index contributed by atoms with van der Waals surface area (Å²) in [6, 6.07) is 0. The lowest BCUT2D eigenvalue weighted by atomic mass is 10.1. The average Bonchev–Trinajstić information content (AvgIpc) is 3.01. The van der Waals surface area contributed by atoms with E-state index in [2.05, 4.69) is 6.92 Å². The third kappa shape index (κ3) is 5.53. The van der Waals surface area contributed by atoms with Crippen molar-refractivity contribution in [3.8, 4) is 0 Å². The highest BCUT2D eigenvalue weighted by Crippen LogP contribution is 2.42. The van der Waals surface area contributed by atoms with Gasteiger partial charge in [-0.05, 0) is 18.8 Å². The van der Waals surface area contributed by atoms with Crippen LogP contribution < -0.4 is 0 Å². The Bertz CT molecular complexity index is 201. The molecule has 0 aromatic carbocycles. The first-order valence-electron chi connectivity index (χ1n) is 6.98. The van der Waals surface area contributed by atoms with Gasteiger partial charge in [0, 0.05) is 0 Å². The van der Waals surface area contributed by atoms with Crippen LogP contribution in [-0.2, 0) is 4.79 Å². The molecule has 0 radical (unpaired) electrons. The number of hydrogen-bond donors (Lipinski definition) is 1. The van der Waals surface area contributed by atoms with Crippen molar-refractivity contribution in [3.05, 3.63) is 0 Å². The van der Waals surface area contributed by atoms with Crippen molar-refractivity contribution in [1.29, 1.82) is 0 Å². The molecule has 1 aliphatic rings. The molecule has 2 atom stereocenters. The minimum Gasteiger partial charge on any atom is -0.481 e. The van der Waals surface area contributed by atoms with Crippen LogP contribution in [0.5, 0.6) is 0 Å². The quantitative estimate of drug-likeness (QED) is 0.566. The fourth-order valence-electron chi connectivity index (χ4n) is 2.41. The predicted molar refractivity (Wildman–Crippen MR) is 66.5 cm³/mol.